The summed E-state index contributed by atoms with van der Waals surface area (Å²) in [6.45, 7) is 4.17. The molecular weight excluding hydrogens is 320 g/mol. The highest BCUT2D eigenvalue weighted by atomic mass is 16.5. The van der Waals surface area contributed by atoms with Crippen LogP contribution in [0.3, 0.4) is 0 Å². The van der Waals surface area contributed by atoms with E-state index < -0.39 is 12.0 Å². The number of unbranched alkanes of at least 4 members (excludes halogenated alkanes) is 2. The molecule has 1 rings (SSSR count). The molecule has 0 aliphatic heterocycles. The molecule has 0 aliphatic carbocycles. The third kappa shape index (κ3) is 7.69. The molecule has 0 saturated carbocycles. The van der Waals surface area contributed by atoms with E-state index in [1.807, 2.05) is 24.3 Å². The van der Waals surface area contributed by atoms with Gasteiger partial charge in [0.25, 0.3) is 0 Å². The zero-order chi connectivity index (χ0) is 18.7. The Labute approximate surface area is 150 Å². The zero-order valence-electron chi connectivity index (χ0n) is 15.7. The summed E-state index contributed by atoms with van der Waals surface area (Å²) in [5.74, 6) is 0.0535. The SMILES string of the molecule is CCCCCC(=O)C[C@H](OCc1ccc(OC)cc1)[C@@H](C)C(=O)OC. The zero-order valence-corrected chi connectivity index (χ0v) is 15.7. The maximum Gasteiger partial charge on any atom is 0.311 e. The number of carbonyl (C=O) groups is 2. The summed E-state index contributed by atoms with van der Waals surface area (Å²) in [4.78, 5) is 24.0. The second-order valence-electron chi connectivity index (χ2n) is 6.21. The predicted octanol–water partition coefficient (Wildman–Crippen LogP) is 3.93. The second kappa shape index (κ2) is 11.6. The normalized spacial score (nSPS) is 13.1. The van der Waals surface area contributed by atoms with E-state index in [1.54, 1.807) is 14.0 Å². The number of rotatable bonds is 12. The van der Waals surface area contributed by atoms with Crippen LogP contribution in [0.5, 0.6) is 5.75 Å². The first-order valence-electron chi connectivity index (χ1n) is 8.85. The fourth-order valence-corrected chi connectivity index (χ4v) is 2.54. The number of esters is 1. The Kier molecular flexibility index (Phi) is 9.85. The number of Topliss-reactive ketones (excluding diaryl/α,β-unsaturated/α-hetero) is 1. The summed E-state index contributed by atoms with van der Waals surface area (Å²) in [5.41, 5.74) is 0.960. The van der Waals surface area contributed by atoms with E-state index >= 15 is 0 Å². The van der Waals surface area contributed by atoms with Crippen molar-refractivity contribution in [2.24, 2.45) is 5.92 Å². The quantitative estimate of drug-likeness (QED) is 0.422. The third-order valence-electron chi connectivity index (χ3n) is 4.24. The molecule has 0 heterocycles. The van der Waals surface area contributed by atoms with E-state index in [0.717, 1.165) is 30.6 Å². The van der Waals surface area contributed by atoms with Crippen LogP contribution in [0.1, 0.15) is 51.5 Å². The Morgan fingerprint density at radius 3 is 2.32 bits per heavy atom. The number of methoxy groups -OCH3 is 2. The Morgan fingerprint density at radius 2 is 1.76 bits per heavy atom. The van der Waals surface area contributed by atoms with Crippen molar-refractivity contribution >= 4 is 11.8 Å². The van der Waals surface area contributed by atoms with Crippen LogP contribution in [0.25, 0.3) is 0 Å². The number of ketones is 1. The van der Waals surface area contributed by atoms with Gasteiger partial charge in [0.1, 0.15) is 11.5 Å². The van der Waals surface area contributed by atoms with Crippen LogP contribution in [-0.2, 0) is 25.7 Å². The van der Waals surface area contributed by atoms with Gasteiger partial charge in [0.05, 0.1) is 32.8 Å². The molecule has 5 heteroatoms. The topological polar surface area (TPSA) is 61.8 Å². The van der Waals surface area contributed by atoms with Crippen LogP contribution in [0.4, 0.5) is 0 Å². The van der Waals surface area contributed by atoms with Crippen molar-refractivity contribution in [3.8, 4) is 5.75 Å². The number of benzene rings is 1. The number of hydrogen-bond acceptors (Lipinski definition) is 5. The minimum Gasteiger partial charge on any atom is -0.497 e. The van der Waals surface area contributed by atoms with Crippen molar-refractivity contribution in [1.82, 2.24) is 0 Å². The highest BCUT2D eigenvalue weighted by Gasteiger charge is 2.27. The standard InChI is InChI=1S/C20H30O5/c1-5-6-7-8-17(21)13-19(15(2)20(22)24-4)25-14-16-9-11-18(23-3)12-10-16/h9-12,15,19H,5-8,13-14H2,1-4H3/t15-,19+/m1/s1. The van der Waals surface area contributed by atoms with Crippen molar-refractivity contribution in [3.63, 3.8) is 0 Å². The van der Waals surface area contributed by atoms with Crippen LogP contribution < -0.4 is 4.74 Å². The molecule has 0 radical (unpaired) electrons. The van der Waals surface area contributed by atoms with Crippen LogP contribution in [0.15, 0.2) is 24.3 Å². The lowest BCUT2D eigenvalue weighted by Crippen LogP contribution is -2.31. The van der Waals surface area contributed by atoms with Crippen molar-refractivity contribution in [1.29, 1.82) is 0 Å². The summed E-state index contributed by atoms with van der Waals surface area (Å²) < 4.78 is 15.8. The smallest absolute Gasteiger partial charge is 0.311 e. The van der Waals surface area contributed by atoms with E-state index in [-0.39, 0.29) is 18.2 Å². The van der Waals surface area contributed by atoms with Gasteiger partial charge in [0, 0.05) is 12.8 Å². The largest absolute Gasteiger partial charge is 0.497 e. The lowest BCUT2D eigenvalue weighted by Gasteiger charge is -2.22. The summed E-state index contributed by atoms with van der Waals surface area (Å²) in [6, 6.07) is 7.52. The molecule has 5 nitrogen and oxygen atoms in total. The molecule has 2 atom stereocenters. The maximum absolute atomic E-state index is 12.2. The lowest BCUT2D eigenvalue weighted by atomic mass is 9.97. The molecule has 0 aromatic heterocycles. The molecule has 25 heavy (non-hydrogen) atoms. The lowest BCUT2D eigenvalue weighted by molar-refractivity contribution is -0.151. The molecule has 0 N–H and O–H groups in total. The Balaban J connectivity index is 2.66. The Hall–Kier alpha value is -1.88. The average Bonchev–Trinajstić information content (AvgIpc) is 2.64. The third-order valence-corrected chi connectivity index (χ3v) is 4.24. The summed E-state index contributed by atoms with van der Waals surface area (Å²) in [5, 5.41) is 0. The van der Waals surface area contributed by atoms with Crippen LogP contribution in [-0.4, -0.2) is 32.1 Å². The highest BCUT2D eigenvalue weighted by molar-refractivity contribution is 5.80. The van der Waals surface area contributed by atoms with Crippen molar-refractivity contribution in [2.75, 3.05) is 14.2 Å². The average molecular weight is 350 g/mol. The van der Waals surface area contributed by atoms with E-state index in [1.165, 1.54) is 7.11 Å². The van der Waals surface area contributed by atoms with Crippen LogP contribution in [0.2, 0.25) is 0 Å². The monoisotopic (exact) mass is 350 g/mol. The Morgan fingerprint density at radius 1 is 1.08 bits per heavy atom. The molecule has 0 amide bonds. The highest BCUT2D eigenvalue weighted by Crippen LogP contribution is 2.19. The first kappa shape index (κ1) is 21.2. The van der Waals surface area contributed by atoms with Gasteiger partial charge in [-0.15, -0.1) is 0 Å². The molecule has 0 spiro atoms. The summed E-state index contributed by atoms with van der Waals surface area (Å²) in [6.07, 6.45) is 3.27. The van der Waals surface area contributed by atoms with Crippen LogP contribution in [0, 0.1) is 5.92 Å². The minimum atomic E-state index is -0.488. The maximum atomic E-state index is 12.2. The van der Waals surface area contributed by atoms with Gasteiger partial charge < -0.3 is 14.2 Å². The van der Waals surface area contributed by atoms with Gasteiger partial charge in [0.2, 0.25) is 0 Å². The molecular formula is C20H30O5. The number of hydrogen-bond donors (Lipinski definition) is 0. The molecule has 0 aliphatic rings. The van der Waals surface area contributed by atoms with Gasteiger partial charge >= 0.3 is 5.97 Å². The second-order valence-corrected chi connectivity index (χ2v) is 6.21. The van der Waals surface area contributed by atoms with Gasteiger partial charge in [-0.05, 0) is 31.0 Å². The van der Waals surface area contributed by atoms with Crippen molar-refractivity contribution < 1.29 is 23.8 Å². The van der Waals surface area contributed by atoms with E-state index in [2.05, 4.69) is 6.92 Å². The summed E-state index contributed by atoms with van der Waals surface area (Å²) in [7, 11) is 2.96. The van der Waals surface area contributed by atoms with Gasteiger partial charge in [-0.25, -0.2) is 0 Å². The fraction of sp³-hybridized carbons (Fsp3) is 0.600. The molecule has 0 saturated heterocycles. The van der Waals surface area contributed by atoms with E-state index in [0.29, 0.717) is 13.0 Å². The molecule has 0 bridgehead atoms. The van der Waals surface area contributed by atoms with Gasteiger partial charge in [-0.3, -0.25) is 9.59 Å². The Bertz CT molecular complexity index is 523. The van der Waals surface area contributed by atoms with Gasteiger partial charge in [-0.1, -0.05) is 31.9 Å². The van der Waals surface area contributed by atoms with Crippen molar-refractivity contribution in [2.45, 2.75) is 58.7 Å². The molecule has 1 aromatic rings. The van der Waals surface area contributed by atoms with Crippen LogP contribution >= 0.6 is 0 Å². The molecule has 0 unspecified atom stereocenters. The van der Waals surface area contributed by atoms with Gasteiger partial charge in [-0.2, -0.15) is 0 Å². The number of ether oxygens (including phenoxy) is 3. The minimum absolute atomic E-state index is 0.129. The van der Waals surface area contributed by atoms with E-state index in [4.69, 9.17) is 14.2 Å². The molecule has 1 aromatic carbocycles. The first-order chi connectivity index (χ1) is 12.0. The first-order valence-corrected chi connectivity index (χ1v) is 8.85. The van der Waals surface area contributed by atoms with E-state index in [9.17, 15) is 9.59 Å². The van der Waals surface area contributed by atoms with Crippen molar-refractivity contribution in [3.05, 3.63) is 29.8 Å². The predicted molar refractivity (Wildman–Crippen MR) is 96.5 cm³/mol. The molecule has 0 fully saturated rings. The summed E-state index contributed by atoms with van der Waals surface area (Å²) >= 11 is 0. The molecule has 140 valence electrons. The number of carbonyl (C=O) groups excluding carboxylic acids is 2. The fourth-order valence-electron chi connectivity index (χ4n) is 2.54. The van der Waals surface area contributed by atoms with Gasteiger partial charge in [0.15, 0.2) is 0 Å².